The largest absolute Gasteiger partial charge is 0.492 e. The van der Waals surface area contributed by atoms with E-state index in [2.05, 4.69) is 24.5 Å². The summed E-state index contributed by atoms with van der Waals surface area (Å²) in [5.74, 6) is 1.62. The van der Waals surface area contributed by atoms with Gasteiger partial charge in [0.25, 0.3) is 0 Å². The van der Waals surface area contributed by atoms with Crippen molar-refractivity contribution in [1.29, 1.82) is 0 Å². The molecule has 0 bridgehead atoms. The van der Waals surface area contributed by atoms with Gasteiger partial charge in [0.1, 0.15) is 12.4 Å². The molecule has 1 saturated carbocycles. The maximum Gasteiger partial charge on any atom is 0.224 e. The fourth-order valence-electron chi connectivity index (χ4n) is 4.77. The van der Waals surface area contributed by atoms with Crippen LogP contribution in [0.3, 0.4) is 0 Å². The first kappa shape index (κ1) is 16.9. The van der Waals surface area contributed by atoms with Crippen molar-refractivity contribution in [2.75, 3.05) is 25.1 Å². The normalized spacial score (nSPS) is 29.8. The Hall–Kier alpha value is -1.59. The highest BCUT2D eigenvalue weighted by atomic mass is 16.5. The summed E-state index contributed by atoms with van der Waals surface area (Å²) in [7, 11) is 0. The topological polar surface area (TPSA) is 59.6 Å². The number of fused-ring (bicyclic) bond motifs is 2. The quantitative estimate of drug-likeness (QED) is 0.807. The molecule has 2 heterocycles. The van der Waals surface area contributed by atoms with Crippen LogP contribution in [0.1, 0.15) is 38.7 Å². The zero-order chi connectivity index (χ0) is 17.4. The third-order valence-electron chi connectivity index (χ3n) is 6.04. The lowest BCUT2D eigenvalue weighted by Gasteiger charge is -2.60. The van der Waals surface area contributed by atoms with E-state index in [0.29, 0.717) is 31.1 Å². The summed E-state index contributed by atoms with van der Waals surface area (Å²) in [6.07, 6.45) is 4.20. The van der Waals surface area contributed by atoms with Crippen molar-refractivity contribution in [3.63, 3.8) is 0 Å². The predicted molar refractivity (Wildman–Crippen MR) is 96.9 cm³/mol. The van der Waals surface area contributed by atoms with Crippen LogP contribution in [0, 0.1) is 11.3 Å². The molecule has 0 radical (unpaired) electrons. The van der Waals surface area contributed by atoms with E-state index in [0.717, 1.165) is 36.6 Å². The minimum Gasteiger partial charge on any atom is -0.492 e. The van der Waals surface area contributed by atoms with Gasteiger partial charge in [0.2, 0.25) is 5.91 Å². The standard InChI is InChI=1S/C20H28N2O3/c1-20(2)18(15-4-3-10-25-19(15)20)21-9-11-24-14-6-7-16-13(12-14)5-8-17(23)22-16/h6-7,12,15,18-19,21H,3-5,8-11H2,1-2H3,(H,22,23)/t15-,18-,19-/m1/s1. The molecule has 1 saturated heterocycles. The Bertz CT molecular complexity index is 658. The van der Waals surface area contributed by atoms with Crippen molar-refractivity contribution in [3.8, 4) is 5.75 Å². The van der Waals surface area contributed by atoms with E-state index in [9.17, 15) is 4.79 Å². The zero-order valence-electron chi connectivity index (χ0n) is 15.1. The number of rotatable bonds is 5. The zero-order valence-corrected chi connectivity index (χ0v) is 15.1. The number of nitrogens with one attached hydrogen (secondary N) is 2. The summed E-state index contributed by atoms with van der Waals surface area (Å²) in [5.41, 5.74) is 2.28. The first-order valence-corrected chi connectivity index (χ1v) is 9.46. The lowest BCUT2D eigenvalue weighted by molar-refractivity contribution is -0.192. The first-order chi connectivity index (χ1) is 12.1. The van der Waals surface area contributed by atoms with Gasteiger partial charge in [-0.1, -0.05) is 13.8 Å². The molecule has 1 aromatic rings. The number of ether oxygens (including phenoxy) is 2. The molecule has 0 aromatic heterocycles. The second-order valence-electron chi connectivity index (χ2n) is 8.07. The highest BCUT2D eigenvalue weighted by Crippen LogP contribution is 2.51. The molecule has 4 rings (SSSR count). The van der Waals surface area contributed by atoms with Crippen LogP contribution < -0.4 is 15.4 Å². The maximum atomic E-state index is 11.4. The SMILES string of the molecule is CC1(C)[C@H](NCCOc2ccc3c(c2)CCC(=O)N3)[C@H]2CCCO[C@H]21. The molecule has 2 N–H and O–H groups in total. The van der Waals surface area contributed by atoms with Gasteiger partial charge < -0.3 is 20.1 Å². The van der Waals surface area contributed by atoms with E-state index in [-0.39, 0.29) is 11.3 Å². The lowest BCUT2D eigenvalue weighted by atomic mass is 9.55. The molecule has 25 heavy (non-hydrogen) atoms. The smallest absolute Gasteiger partial charge is 0.224 e. The second kappa shape index (κ2) is 6.61. The van der Waals surface area contributed by atoms with E-state index >= 15 is 0 Å². The minimum atomic E-state index is 0.0958. The molecule has 5 nitrogen and oxygen atoms in total. The van der Waals surface area contributed by atoms with Crippen molar-refractivity contribution in [1.82, 2.24) is 5.32 Å². The van der Waals surface area contributed by atoms with Gasteiger partial charge in [-0.15, -0.1) is 0 Å². The van der Waals surface area contributed by atoms with Crippen LogP contribution in [0.25, 0.3) is 0 Å². The Morgan fingerprint density at radius 3 is 3.12 bits per heavy atom. The van der Waals surface area contributed by atoms with E-state index in [4.69, 9.17) is 9.47 Å². The fourth-order valence-corrected chi connectivity index (χ4v) is 4.77. The third kappa shape index (κ3) is 3.15. The molecule has 3 atom stereocenters. The first-order valence-electron chi connectivity index (χ1n) is 9.46. The van der Waals surface area contributed by atoms with Crippen molar-refractivity contribution >= 4 is 11.6 Å². The van der Waals surface area contributed by atoms with Crippen molar-refractivity contribution in [2.45, 2.75) is 51.7 Å². The van der Waals surface area contributed by atoms with Gasteiger partial charge >= 0.3 is 0 Å². The molecule has 1 aromatic carbocycles. The van der Waals surface area contributed by atoms with Crippen LogP contribution >= 0.6 is 0 Å². The highest BCUT2D eigenvalue weighted by molar-refractivity contribution is 5.93. The molecule has 0 unspecified atom stereocenters. The summed E-state index contributed by atoms with van der Waals surface area (Å²) >= 11 is 0. The third-order valence-corrected chi connectivity index (χ3v) is 6.04. The molecule has 3 aliphatic rings. The number of carbonyl (C=O) groups is 1. The Kier molecular flexibility index (Phi) is 4.46. The summed E-state index contributed by atoms with van der Waals surface area (Å²) in [4.78, 5) is 11.4. The van der Waals surface area contributed by atoms with E-state index < -0.39 is 0 Å². The number of amides is 1. The lowest BCUT2D eigenvalue weighted by Crippen LogP contribution is -2.69. The van der Waals surface area contributed by atoms with Gasteiger partial charge in [-0.2, -0.15) is 0 Å². The maximum absolute atomic E-state index is 11.4. The average Bonchev–Trinajstić information content (AvgIpc) is 2.61. The second-order valence-corrected chi connectivity index (χ2v) is 8.07. The van der Waals surface area contributed by atoms with Gasteiger partial charge in [-0.25, -0.2) is 0 Å². The van der Waals surface area contributed by atoms with Crippen molar-refractivity contribution in [3.05, 3.63) is 23.8 Å². The number of carbonyl (C=O) groups excluding carboxylic acids is 1. The van der Waals surface area contributed by atoms with Crippen LogP contribution in [-0.2, 0) is 16.0 Å². The Morgan fingerprint density at radius 2 is 2.24 bits per heavy atom. The van der Waals surface area contributed by atoms with Gasteiger partial charge in [-0.05, 0) is 43.0 Å². The van der Waals surface area contributed by atoms with Crippen LogP contribution in [0.2, 0.25) is 0 Å². The van der Waals surface area contributed by atoms with Crippen LogP contribution in [-0.4, -0.2) is 37.8 Å². The molecule has 2 fully saturated rings. The minimum absolute atomic E-state index is 0.0958. The van der Waals surface area contributed by atoms with Gasteiger partial charge in [0.05, 0.1) is 6.10 Å². The van der Waals surface area contributed by atoms with Crippen LogP contribution in [0.15, 0.2) is 18.2 Å². The molecular weight excluding hydrogens is 316 g/mol. The van der Waals surface area contributed by atoms with Gasteiger partial charge in [0, 0.05) is 42.6 Å². The monoisotopic (exact) mass is 344 g/mol. The number of benzene rings is 1. The van der Waals surface area contributed by atoms with Crippen molar-refractivity contribution < 1.29 is 14.3 Å². The Morgan fingerprint density at radius 1 is 1.36 bits per heavy atom. The van der Waals surface area contributed by atoms with Gasteiger partial charge in [-0.3, -0.25) is 4.79 Å². The number of hydrogen-bond acceptors (Lipinski definition) is 4. The van der Waals surface area contributed by atoms with Crippen LogP contribution in [0.4, 0.5) is 5.69 Å². The Labute approximate surface area is 149 Å². The summed E-state index contributed by atoms with van der Waals surface area (Å²) in [6, 6.07) is 6.43. The van der Waals surface area contributed by atoms with E-state index in [1.165, 1.54) is 12.8 Å². The summed E-state index contributed by atoms with van der Waals surface area (Å²) < 4.78 is 11.9. The number of aryl methyl sites for hydroxylation is 1. The van der Waals surface area contributed by atoms with E-state index in [1.807, 2.05) is 18.2 Å². The molecule has 136 valence electrons. The molecule has 5 heteroatoms. The average molecular weight is 344 g/mol. The van der Waals surface area contributed by atoms with Crippen LogP contribution in [0.5, 0.6) is 5.75 Å². The Balaban J connectivity index is 1.27. The van der Waals surface area contributed by atoms with Crippen molar-refractivity contribution in [2.24, 2.45) is 11.3 Å². The highest BCUT2D eigenvalue weighted by Gasteiger charge is 2.57. The molecular formula is C20H28N2O3. The molecule has 1 amide bonds. The summed E-state index contributed by atoms with van der Waals surface area (Å²) in [5, 5.41) is 6.59. The molecule has 2 aliphatic heterocycles. The number of hydrogen-bond donors (Lipinski definition) is 2. The molecule has 0 spiro atoms. The summed E-state index contributed by atoms with van der Waals surface area (Å²) in [6.45, 7) is 7.01. The number of anilines is 1. The van der Waals surface area contributed by atoms with E-state index in [1.54, 1.807) is 0 Å². The molecule has 1 aliphatic carbocycles. The predicted octanol–water partition coefficient (Wildman–Crippen LogP) is 2.74. The fraction of sp³-hybridized carbons (Fsp3) is 0.650. The van der Waals surface area contributed by atoms with Gasteiger partial charge in [0.15, 0.2) is 0 Å².